The second kappa shape index (κ2) is 5.35. The van der Waals surface area contributed by atoms with Gasteiger partial charge in [0, 0.05) is 46.7 Å². The van der Waals surface area contributed by atoms with Crippen LogP contribution in [-0.4, -0.2) is 19.4 Å². The van der Waals surface area contributed by atoms with E-state index in [0.717, 1.165) is 45.9 Å². The normalized spacial score (nSPS) is 13.5. The van der Waals surface area contributed by atoms with Gasteiger partial charge in [-0.1, -0.05) is 36.4 Å². The molecule has 6 aromatic rings. The molecule has 2 aliphatic rings. The van der Waals surface area contributed by atoms with Gasteiger partial charge in [0.2, 0.25) is 0 Å². The van der Waals surface area contributed by atoms with Crippen LogP contribution in [0.4, 0.5) is 0 Å². The fourth-order valence-electron chi connectivity index (χ4n) is 5.74. The predicted molar refractivity (Wildman–Crippen MR) is 122 cm³/mol. The molecule has 8 rings (SSSR count). The van der Waals surface area contributed by atoms with Crippen LogP contribution in [0.25, 0.3) is 49.7 Å². The number of benzene rings is 2. The topological polar surface area (TPSA) is 43.1 Å². The molecular weight excluding hydrogens is 380 g/mol. The van der Waals surface area contributed by atoms with E-state index in [0.29, 0.717) is 0 Å². The smallest absolute Gasteiger partial charge is 0.146 e. The molecule has 4 aromatic heterocycles. The molecule has 0 radical (unpaired) electrons. The summed E-state index contributed by atoms with van der Waals surface area (Å²) >= 11 is 0. The minimum atomic E-state index is 0.879. The molecule has 0 unspecified atom stereocenters. The summed E-state index contributed by atoms with van der Waals surface area (Å²) in [6.45, 7) is 0. The van der Waals surface area contributed by atoms with Crippen LogP contribution < -0.4 is 0 Å². The summed E-state index contributed by atoms with van der Waals surface area (Å²) in [5.41, 5.74) is 12.8. The minimum Gasteiger partial charge on any atom is -0.290 e. The van der Waals surface area contributed by atoms with Gasteiger partial charge in [0.25, 0.3) is 0 Å². The molecule has 0 atom stereocenters. The Morgan fingerprint density at radius 1 is 0.710 bits per heavy atom. The molecule has 0 bridgehead atoms. The number of hydrogen-bond donors (Lipinski definition) is 0. The maximum absolute atomic E-state index is 5.17. The van der Waals surface area contributed by atoms with Gasteiger partial charge in [0.15, 0.2) is 0 Å². The van der Waals surface area contributed by atoms with Gasteiger partial charge >= 0.3 is 0 Å². The predicted octanol–water partition coefficient (Wildman–Crippen LogP) is 5.57. The van der Waals surface area contributed by atoms with Crippen molar-refractivity contribution in [2.75, 3.05) is 0 Å². The Morgan fingerprint density at radius 2 is 1.58 bits per heavy atom. The average molecular weight is 396 g/mol. The maximum Gasteiger partial charge on any atom is 0.146 e. The van der Waals surface area contributed by atoms with E-state index in [1.807, 2.05) is 24.8 Å². The SMILES string of the molecule is c1ccc2c(c1)Cc1c-2ccc2c1-c1c(nc3c4ccncc4c4ccncc4n13)C2. The van der Waals surface area contributed by atoms with E-state index in [4.69, 9.17) is 4.98 Å². The highest BCUT2D eigenvalue weighted by atomic mass is 15.0. The first-order valence-electron chi connectivity index (χ1n) is 10.6. The first kappa shape index (κ1) is 15.7. The van der Waals surface area contributed by atoms with Crippen LogP contribution in [-0.2, 0) is 12.8 Å². The van der Waals surface area contributed by atoms with Gasteiger partial charge in [0.1, 0.15) is 5.65 Å². The number of fused-ring (bicyclic) bond motifs is 14. The lowest BCUT2D eigenvalue weighted by Gasteiger charge is -2.13. The third-order valence-electron chi connectivity index (χ3n) is 7.01. The van der Waals surface area contributed by atoms with E-state index in [1.165, 1.54) is 39.1 Å². The molecule has 0 saturated heterocycles. The summed E-state index contributed by atoms with van der Waals surface area (Å²) in [4.78, 5) is 14.0. The summed E-state index contributed by atoms with van der Waals surface area (Å²) in [5, 5.41) is 3.43. The Bertz CT molecular complexity index is 1740. The van der Waals surface area contributed by atoms with Gasteiger partial charge in [-0.25, -0.2) is 4.98 Å². The van der Waals surface area contributed by atoms with Gasteiger partial charge in [-0.3, -0.25) is 14.4 Å². The third kappa shape index (κ3) is 1.84. The highest BCUT2D eigenvalue weighted by molar-refractivity contribution is 6.12. The van der Waals surface area contributed by atoms with E-state index >= 15 is 0 Å². The van der Waals surface area contributed by atoms with E-state index in [2.05, 4.69) is 62.9 Å². The van der Waals surface area contributed by atoms with Crippen LogP contribution in [0.5, 0.6) is 0 Å². The fraction of sp³-hybridized carbons (Fsp3) is 0.0741. The molecule has 4 heteroatoms. The molecule has 0 fully saturated rings. The molecule has 0 amide bonds. The summed E-state index contributed by atoms with van der Waals surface area (Å²) in [6, 6.07) is 17.6. The second-order valence-corrected chi connectivity index (χ2v) is 8.52. The van der Waals surface area contributed by atoms with E-state index in [-0.39, 0.29) is 0 Å². The van der Waals surface area contributed by atoms with E-state index in [9.17, 15) is 0 Å². The Hall–Kier alpha value is -4.05. The van der Waals surface area contributed by atoms with Crippen molar-refractivity contribution >= 4 is 27.3 Å². The monoisotopic (exact) mass is 396 g/mol. The van der Waals surface area contributed by atoms with Gasteiger partial charge in [-0.15, -0.1) is 0 Å². The van der Waals surface area contributed by atoms with E-state index < -0.39 is 0 Å². The molecule has 0 aliphatic heterocycles. The van der Waals surface area contributed by atoms with Crippen molar-refractivity contribution in [2.24, 2.45) is 0 Å². The summed E-state index contributed by atoms with van der Waals surface area (Å²) in [6.07, 6.45) is 9.49. The fourth-order valence-corrected chi connectivity index (χ4v) is 5.74. The highest BCUT2D eigenvalue weighted by Gasteiger charge is 2.32. The maximum atomic E-state index is 5.17. The molecule has 2 aliphatic carbocycles. The Balaban J connectivity index is 1.55. The van der Waals surface area contributed by atoms with Gasteiger partial charge < -0.3 is 0 Å². The lowest BCUT2D eigenvalue weighted by Crippen LogP contribution is -1.97. The van der Waals surface area contributed by atoms with Crippen molar-refractivity contribution in [3.8, 4) is 22.4 Å². The van der Waals surface area contributed by atoms with Crippen LogP contribution >= 0.6 is 0 Å². The van der Waals surface area contributed by atoms with Crippen LogP contribution in [0, 0.1) is 0 Å². The van der Waals surface area contributed by atoms with Crippen LogP contribution in [0.2, 0.25) is 0 Å². The van der Waals surface area contributed by atoms with Gasteiger partial charge in [-0.05, 0) is 46.4 Å². The molecule has 144 valence electrons. The Kier molecular flexibility index (Phi) is 2.72. The van der Waals surface area contributed by atoms with E-state index in [1.54, 1.807) is 0 Å². The molecule has 0 spiro atoms. The van der Waals surface area contributed by atoms with Crippen molar-refractivity contribution in [3.63, 3.8) is 0 Å². The summed E-state index contributed by atoms with van der Waals surface area (Å²) in [7, 11) is 0. The van der Waals surface area contributed by atoms with Crippen molar-refractivity contribution in [1.29, 1.82) is 0 Å². The number of aromatic nitrogens is 4. The van der Waals surface area contributed by atoms with Crippen LogP contribution in [0.15, 0.2) is 73.3 Å². The first-order chi connectivity index (χ1) is 15.4. The minimum absolute atomic E-state index is 0.879. The Morgan fingerprint density at radius 3 is 2.55 bits per heavy atom. The number of hydrogen-bond acceptors (Lipinski definition) is 3. The lowest BCUT2D eigenvalue weighted by atomic mass is 9.97. The van der Waals surface area contributed by atoms with Crippen molar-refractivity contribution < 1.29 is 0 Å². The largest absolute Gasteiger partial charge is 0.290 e. The highest BCUT2D eigenvalue weighted by Crippen LogP contribution is 2.48. The molecule has 4 nitrogen and oxygen atoms in total. The summed E-state index contributed by atoms with van der Waals surface area (Å²) < 4.78 is 2.34. The van der Waals surface area contributed by atoms with Gasteiger partial charge in [-0.2, -0.15) is 0 Å². The molecular formula is C27H16N4. The van der Waals surface area contributed by atoms with Crippen molar-refractivity contribution in [2.45, 2.75) is 12.8 Å². The number of imidazole rings is 1. The molecule has 4 heterocycles. The molecule has 0 saturated carbocycles. The third-order valence-corrected chi connectivity index (χ3v) is 7.01. The zero-order valence-corrected chi connectivity index (χ0v) is 16.6. The van der Waals surface area contributed by atoms with Crippen molar-refractivity contribution in [1.82, 2.24) is 19.4 Å². The van der Waals surface area contributed by atoms with Gasteiger partial charge in [0.05, 0.1) is 23.1 Å². The average Bonchev–Trinajstić information content (AvgIpc) is 3.48. The quantitative estimate of drug-likeness (QED) is 0.315. The first-order valence-corrected chi connectivity index (χ1v) is 10.6. The number of pyridine rings is 3. The number of rotatable bonds is 0. The van der Waals surface area contributed by atoms with Crippen LogP contribution in [0.1, 0.15) is 22.4 Å². The standard InChI is InChI=1S/C27H16N4/c1-2-4-17-15(3-1)11-21-18(17)6-5-16-12-23-26(25(16)21)31-24-14-29-9-7-19(24)22-13-28-10-8-20(22)27(31)30-23/h1-10,13-14H,11-12H2. The molecule has 0 N–H and O–H groups in total. The van der Waals surface area contributed by atoms with Crippen molar-refractivity contribution in [3.05, 3.63) is 95.7 Å². The zero-order chi connectivity index (χ0) is 20.1. The molecule has 2 aromatic carbocycles. The number of nitrogens with zero attached hydrogens (tertiary/aromatic N) is 4. The second-order valence-electron chi connectivity index (χ2n) is 8.52. The Labute approximate surface area is 177 Å². The summed E-state index contributed by atoms with van der Waals surface area (Å²) in [5.74, 6) is 0. The zero-order valence-electron chi connectivity index (χ0n) is 16.6. The lowest BCUT2D eigenvalue weighted by molar-refractivity contribution is 1.16. The van der Waals surface area contributed by atoms with Crippen LogP contribution in [0.3, 0.4) is 0 Å². The molecule has 31 heavy (non-hydrogen) atoms.